The van der Waals surface area contributed by atoms with Crippen LogP contribution in [0.25, 0.3) is 0 Å². The van der Waals surface area contributed by atoms with Gasteiger partial charge in [0.25, 0.3) is 5.91 Å². The molecule has 7 heteroatoms. The largest absolute Gasteiger partial charge is 0.482 e. The third-order valence-electron chi connectivity index (χ3n) is 4.18. The van der Waals surface area contributed by atoms with Gasteiger partial charge in [-0.3, -0.25) is 9.59 Å². The lowest BCUT2D eigenvalue weighted by Gasteiger charge is -2.35. The van der Waals surface area contributed by atoms with Crippen molar-refractivity contribution in [1.29, 1.82) is 0 Å². The van der Waals surface area contributed by atoms with Crippen LogP contribution >= 0.6 is 12.4 Å². The molecule has 6 nitrogen and oxygen atoms in total. The Morgan fingerprint density at radius 2 is 2.17 bits per heavy atom. The van der Waals surface area contributed by atoms with Crippen molar-refractivity contribution in [2.24, 2.45) is 0 Å². The standard InChI is InChI=1S/C16H21N3O3.ClH/c1-12-10-17-7-9-18(12)15(20)6-8-19-13-4-2-3-5-14(13)22-11-16(19)21;/h2-5,12,17H,6-11H2,1H3;1H. The Balaban J connectivity index is 0.00000192. The number of nitrogens with zero attached hydrogens (tertiary/aromatic N) is 2. The molecule has 126 valence electrons. The Labute approximate surface area is 142 Å². The zero-order valence-electron chi connectivity index (χ0n) is 13.2. The molecular weight excluding hydrogens is 318 g/mol. The van der Waals surface area contributed by atoms with Crippen molar-refractivity contribution in [2.45, 2.75) is 19.4 Å². The average Bonchev–Trinajstić information content (AvgIpc) is 2.54. The van der Waals surface area contributed by atoms with E-state index in [1.807, 2.05) is 36.1 Å². The van der Waals surface area contributed by atoms with Crippen LogP contribution in [0.5, 0.6) is 5.75 Å². The molecular formula is C16H22ClN3O3. The number of hydrogen-bond acceptors (Lipinski definition) is 4. The van der Waals surface area contributed by atoms with Crippen LogP contribution in [-0.2, 0) is 9.59 Å². The average molecular weight is 340 g/mol. The molecule has 0 radical (unpaired) electrons. The Bertz CT molecular complexity index is 581. The lowest BCUT2D eigenvalue weighted by atomic mass is 10.2. The Hall–Kier alpha value is -1.79. The summed E-state index contributed by atoms with van der Waals surface area (Å²) in [6.07, 6.45) is 0.338. The fourth-order valence-corrected chi connectivity index (χ4v) is 2.96. The molecule has 1 fully saturated rings. The molecule has 3 rings (SSSR count). The maximum atomic E-state index is 12.4. The lowest BCUT2D eigenvalue weighted by molar-refractivity contribution is -0.133. The molecule has 2 heterocycles. The van der Waals surface area contributed by atoms with Gasteiger partial charge >= 0.3 is 0 Å². The maximum absolute atomic E-state index is 12.4. The Kier molecular flexibility index (Phi) is 5.85. The Morgan fingerprint density at radius 3 is 2.96 bits per heavy atom. The normalized spacial score (nSPS) is 20.4. The number of benzene rings is 1. The molecule has 1 atom stereocenters. The minimum Gasteiger partial charge on any atom is -0.482 e. The van der Waals surface area contributed by atoms with Gasteiger partial charge in [-0.2, -0.15) is 0 Å². The number of hydrogen-bond donors (Lipinski definition) is 1. The molecule has 2 aliphatic rings. The van der Waals surface area contributed by atoms with Crippen LogP contribution in [0.3, 0.4) is 0 Å². The molecule has 1 unspecified atom stereocenters. The molecule has 0 aliphatic carbocycles. The van der Waals surface area contributed by atoms with E-state index < -0.39 is 0 Å². The van der Waals surface area contributed by atoms with Gasteiger partial charge in [0.1, 0.15) is 5.75 Å². The molecule has 23 heavy (non-hydrogen) atoms. The van der Waals surface area contributed by atoms with Crippen molar-refractivity contribution in [3.05, 3.63) is 24.3 Å². The number of carbonyl (C=O) groups is 2. The summed E-state index contributed by atoms with van der Waals surface area (Å²) in [5.74, 6) is 0.704. The molecule has 2 amide bonds. The van der Waals surface area contributed by atoms with Crippen LogP contribution in [0.1, 0.15) is 13.3 Å². The summed E-state index contributed by atoms with van der Waals surface area (Å²) in [5, 5.41) is 3.27. The summed E-state index contributed by atoms with van der Waals surface area (Å²) in [7, 11) is 0. The molecule has 1 N–H and O–H groups in total. The van der Waals surface area contributed by atoms with Crippen LogP contribution < -0.4 is 15.0 Å². The van der Waals surface area contributed by atoms with Gasteiger partial charge in [-0.05, 0) is 19.1 Å². The second-order valence-electron chi connectivity index (χ2n) is 5.69. The number of ether oxygens (including phenoxy) is 1. The summed E-state index contributed by atoms with van der Waals surface area (Å²) in [4.78, 5) is 28.0. The summed E-state index contributed by atoms with van der Waals surface area (Å²) in [5.41, 5.74) is 0.750. The van der Waals surface area contributed by atoms with Gasteiger partial charge in [-0.25, -0.2) is 0 Å². The number of piperazine rings is 1. The van der Waals surface area contributed by atoms with Crippen LogP contribution in [0.15, 0.2) is 24.3 Å². The first-order chi connectivity index (χ1) is 10.7. The van der Waals surface area contributed by atoms with E-state index in [1.165, 1.54) is 0 Å². The van der Waals surface area contributed by atoms with E-state index >= 15 is 0 Å². The number of halogens is 1. The van der Waals surface area contributed by atoms with Crippen LogP contribution in [0.4, 0.5) is 5.69 Å². The highest BCUT2D eigenvalue weighted by Crippen LogP contribution is 2.31. The third-order valence-corrected chi connectivity index (χ3v) is 4.18. The Morgan fingerprint density at radius 1 is 1.39 bits per heavy atom. The van der Waals surface area contributed by atoms with Gasteiger partial charge < -0.3 is 19.9 Å². The first-order valence-electron chi connectivity index (χ1n) is 7.69. The van der Waals surface area contributed by atoms with E-state index in [9.17, 15) is 9.59 Å². The second-order valence-corrected chi connectivity index (χ2v) is 5.69. The summed E-state index contributed by atoms with van der Waals surface area (Å²) in [6, 6.07) is 7.64. The van der Waals surface area contributed by atoms with E-state index in [1.54, 1.807) is 4.90 Å². The highest BCUT2D eigenvalue weighted by atomic mass is 35.5. The van der Waals surface area contributed by atoms with E-state index in [0.717, 1.165) is 25.3 Å². The second kappa shape index (κ2) is 7.66. The topological polar surface area (TPSA) is 61.9 Å². The molecule has 1 aromatic rings. The molecule has 1 aromatic carbocycles. The summed E-state index contributed by atoms with van der Waals surface area (Å²) >= 11 is 0. The predicted octanol–water partition coefficient (Wildman–Crippen LogP) is 1.04. The number of carbonyl (C=O) groups excluding carboxylic acids is 2. The number of fused-ring (bicyclic) bond motifs is 1. The van der Waals surface area contributed by atoms with Gasteiger partial charge in [0.05, 0.1) is 5.69 Å². The van der Waals surface area contributed by atoms with Crippen molar-refractivity contribution < 1.29 is 14.3 Å². The van der Waals surface area contributed by atoms with Gasteiger partial charge in [-0.1, -0.05) is 12.1 Å². The monoisotopic (exact) mass is 339 g/mol. The van der Waals surface area contributed by atoms with Gasteiger partial charge in [-0.15, -0.1) is 12.4 Å². The zero-order chi connectivity index (χ0) is 15.5. The number of amides is 2. The van der Waals surface area contributed by atoms with E-state index in [2.05, 4.69) is 5.32 Å². The fraction of sp³-hybridized carbons (Fsp3) is 0.500. The zero-order valence-corrected chi connectivity index (χ0v) is 14.0. The minimum atomic E-state index is -0.0974. The first-order valence-corrected chi connectivity index (χ1v) is 7.69. The van der Waals surface area contributed by atoms with E-state index in [4.69, 9.17) is 4.74 Å². The number of anilines is 1. The third kappa shape index (κ3) is 3.76. The van der Waals surface area contributed by atoms with Gasteiger partial charge in [0.15, 0.2) is 6.61 Å². The first kappa shape index (κ1) is 17.6. The number of para-hydroxylation sites is 2. The van der Waals surface area contributed by atoms with Gasteiger partial charge in [0.2, 0.25) is 5.91 Å². The quantitative estimate of drug-likeness (QED) is 0.894. The molecule has 0 bridgehead atoms. The lowest BCUT2D eigenvalue weighted by Crippen LogP contribution is -2.53. The van der Waals surface area contributed by atoms with Crippen molar-refractivity contribution in [3.63, 3.8) is 0 Å². The van der Waals surface area contributed by atoms with Crippen LogP contribution in [0.2, 0.25) is 0 Å². The SMILES string of the molecule is CC1CNCCN1C(=O)CCN1C(=O)COc2ccccc21.Cl. The van der Waals surface area contributed by atoms with E-state index in [0.29, 0.717) is 18.7 Å². The van der Waals surface area contributed by atoms with Crippen molar-refractivity contribution in [3.8, 4) is 5.75 Å². The van der Waals surface area contributed by atoms with Crippen molar-refractivity contribution in [1.82, 2.24) is 10.2 Å². The van der Waals surface area contributed by atoms with Gasteiger partial charge in [0, 0.05) is 38.6 Å². The minimum absolute atomic E-state index is 0. The van der Waals surface area contributed by atoms with Crippen LogP contribution in [-0.4, -0.2) is 55.5 Å². The molecule has 0 saturated carbocycles. The predicted molar refractivity (Wildman–Crippen MR) is 90.2 cm³/mol. The van der Waals surface area contributed by atoms with Crippen molar-refractivity contribution in [2.75, 3.05) is 37.7 Å². The maximum Gasteiger partial charge on any atom is 0.265 e. The highest BCUT2D eigenvalue weighted by Gasteiger charge is 2.27. The molecule has 2 aliphatic heterocycles. The summed E-state index contributed by atoms with van der Waals surface area (Å²) in [6.45, 7) is 4.86. The number of rotatable bonds is 3. The molecule has 1 saturated heterocycles. The summed E-state index contributed by atoms with van der Waals surface area (Å²) < 4.78 is 5.41. The van der Waals surface area contributed by atoms with Crippen molar-refractivity contribution >= 4 is 29.9 Å². The number of nitrogens with one attached hydrogen (secondary N) is 1. The van der Waals surface area contributed by atoms with Crippen LogP contribution in [0, 0.1) is 0 Å². The van der Waals surface area contributed by atoms with E-state index in [-0.39, 0.29) is 36.9 Å². The smallest absolute Gasteiger partial charge is 0.265 e. The molecule has 0 spiro atoms. The molecule has 0 aromatic heterocycles. The highest BCUT2D eigenvalue weighted by molar-refractivity contribution is 5.98. The fourth-order valence-electron chi connectivity index (χ4n) is 2.96.